The molecule has 0 unspecified atom stereocenters. The van der Waals surface area contributed by atoms with E-state index in [0.717, 1.165) is 16.8 Å². The molecule has 30 heavy (non-hydrogen) atoms. The van der Waals surface area contributed by atoms with Crippen LogP contribution in [0.5, 0.6) is 0 Å². The summed E-state index contributed by atoms with van der Waals surface area (Å²) in [5.74, 6) is -1.15. The number of hydrogen-bond acceptors (Lipinski definition) is 4. The highest BCUT2D eigenvalue weighted by atomic mass is 16.2. The fourth-order valence-corrected chi connectivity index (χ4v) is 3.52. The molecule has 1 aliphatic heterocycles. The molecule has 0 bridgehead atoms. The Morgan fingerprint density at radius 2 is 1.50 bits per heavy atom. The highest BCUT2D eigenvalue weighted by Crippen LogP contribution is 2.23. The third-order valence-electron chi connectivity index (χ3n) is 5.20. The molecule has 0 saturated carbocycles. The first-order valence-corrected chi connectivity index (χ1v) is 9.85. The fourth-order valence-electron chi connectivity index (χ4n) is 3.52. The molecule has 1 N–H and O–H groups in total. The van der Waals surface area contributed by atoms with Gasteiger partial charge in [0.25, 0.3) is 11.8 Å². The molecule has 2 aromatic rings. The molecule has 0 atom stereocenters. The zero-order valence-corrected chi connectivity index (χ0v) is 17.4. The van der Waals surface area contributed by atoms with Crippen molar-refractivity contribution in [3.05, 3.63) is 64.7 Å². The molecule has 4 amide bonds. The first kappa shape index (κ1) is 21.2. The molecule has 156 valence electrons. The molecule has 2 aromatic carbocycles. The van der Waals surface area contributed by atoms with Crippen LogP contribution in [-0.4, -0.2) is 53.6 Å². The van der Waals surface area contributed by atoms with Crippen LogP contribution in [0, 0.1) is 13.8 Å². The van der Waals surface area contributed by atoms with E-state index >= 15 is 0 Å². The smallest absolute Gasteiger partial charge is 0.261 e. The molecule has 0 aromatic heterocycles. The van der Waals surface area contributed by atoms with Crippen LogP contribution in [0.15, 0.2) is 42.5 Å². The average molecular weight is 407 g/mol. The minimum atomic E-state index is -0.329. The fraction of sp³-hybridized carbons (Fsp3) is 0.304. The Kier molecular flexibility index (Phi) is 6.30. The minimum absolute atomic E-state index is 0.0698. The quantitative estimate of drug-likeness (QED) is 0.715. The number of hydrogen-bond donors (Lipinski definition) is 1. The van der Waals surface area contributed by atoms with Gasteiger partial charge in [-0.1, -0.05) is 30.3 Å². The summed E-state index contributed by atoms with van der Waals surface area (Å²) in [6.45, 7) is 3.92. The third-order valence-corrected chi connectivity index (χ3v) is 5.20. The molecular formula is C23H25N3O4. The van der Waals surface area contributed by atoms with Crippen molar-refractivity contribution in [2.24, 2.45) is 0 Å². The Labute approximate surface area is 175 Å². The van der Waals surface area contributed by atoms with Crippen LogP contribution in [0.4, 0.5) is 5.69 Å². The number of carbonyl (C=O) groups is 4. The summed E-state index contributed by atoms with van der Waals surface area (Å²) in [6, 6.07) is 12.4. The van der Waals surface area contributed by atoms with Gasteiger partial charge in [-0.3, -0.25) is 24.1 Å². The van der Waals surface area contributed by atoms with E-state index in [1.165, 1.54) is 9.80 Å². The van der Waals surface area contributed by atoms with Gasteiger partial charge in [-0.15, -0.1) is 0 Å². The summed E-state index contributed by atoms with van der Waals surface area (Å²) in [7, 11) is 1.56. The summed E-state index contributed by atoms with van der Waals surface area (Å²) in [4.78, 5) is 51.9. The topological polar surface area (TPSA) is 86.8 Å². The van der Waals surface area contributed by atoms with Crippen LogP contribution in [0.25, 0.3) is 0 Å². The minimum Gasteiger partial charge on any atom is -0.336 e. The number of amides is 4. The van der Waals surface area contributed by atoms with Crippen molar-refractivity contribution in [3.63, 3.8) is 0 Å². The first-order chi connectivity index (χ1) is 14.3. The van der Waals surface area contributed by atoms with Crippen molar-refractivity contribution in [1.29, 1.82) is 0 Å². The highest BCUT2D eigenvalue weighted by molar-refractivity contribution is 6.21. The number of para-hydroxylation sites is 1. The van der Waals surface area contributed by atoms with Crippen molar-refractivity contribution >= 4 is 29.3 Å². The SMILES string of the molecule is Cc1cccc(C)c1NC(=O)CN(C)C(=O)CCCN1C(=O)c2ccccc2C1=O. The standard InChI is InChI=1S/C23H25N3O4/c1-15-8-6-9-16(2)21(15)24-19(27)14-25(3)20(28)12-7-13-26-22(29)17-10-4-5-11-18(17)23(26)30/h4-6,8-11H,7,12-14H2,1-3H3,(H,24,27). The predicted molar refractivity (Wildman–Crippen MR) is 113 cm³/mol. The lowest BCUT2D eigenvalue weighted by Gasteiger charge is -2.19. The maximum atomic E-state index is 12.4. The molecule has 0 aliphatic carbocycles. The van der Waals surface area contributed by atoms with E-state index in [1.54, 1.807) is 31.3 Å². The summed E-state index contributed by atoms with van der Waals surface area (Å²) in [5.41, 5.74) is 3.47. The van der Waals surface area contributed by atoms with Gasteiger partial charge in [0, 0.05) is 25.7 Å². The molecule has 1 heterocycles. The lowest BCUT2D eigenvalue weighted by atomic mass is 10.1. The molecule has 7 nitrogen and oxygen atoms in total. The van der Waals surface area contributed by atoms with Gasteiger partial charge in [-0.2, -0.15) is 0 Å². The van der Waals surface area contributed by atoms with Gasteiger partial charge in [0.2, 0.25) is 11.8 Å². The lowest BCUT2D eigenvalue weighted by molar-refractivity contribution is -0.133. The molecule has 0 spiro atoms. The van der Waals surface area contributed by atoms with Gasteiger partial charge in [0.05, 0.1) is 17.7 Å². The number of carbonyl (C=O) groups excluding carboxylic acids is 4. The second-order valence-corrected chi connectivity index (χ2v) is 7.48. The molecule has 0 radical (unpaired) electrons. The molecule has 1 aliphatic rings. The monoisotopic (exact) mass is 407 g/mol. The molecule has 0 fully saturated rings. The zero-order valence-electron chi connectivity index (χ0n) is 17.4. The second kappa shape index (κ2) is 8.90. The Hall–Kier alpha value is -3.48. The summed E-state index contributed by atoms with van der Waals surface area (Å²) >= 11 is 0. The molecule has 3 rings (SSSR count). The van der Waals surface area contributed by atoms with Gasteiger partial charge in [-0.05, 0) is 43.5 Å². The third kappa shape index (κ3) is 4.40. The maximum Gasteiger partial charge on any atom is 0.261 e. The maximum absolute atomic E-state index is 12.4. The van der Waals surface area contributed by atoms with Crippen LogP contribution in [0.2, 0.25) is 0 Å². The van der Waals surface area contributed by atoms with E-state index < -0.39 is 0 Å². The number of nitrogens with zero attached hydrogens (tertiary/aromatic N) is 2. The van der Waals surface area contributed by atoms with Crippen molar-refractivity contribution in [1.82, 2.24) is 9.80 Å². The van der Waals surface area contributed by atoms with E-state index in [9.17, 15) is 19.2 Å². The van der Waals surface area contributed by atoms with Gasteiger partial charge in [-0.25, -0.2) is 0 Å². The number of anilines is 1. The Morgan fingerprint density at radius 1 is 0.933 bits per heavy atom. The number of fused-ring (bicyclic) bond motifs is 1. The van der Waals surface area contributed by atoms with E-state index in [0.29, 0.717) is 17.5 Å². The van der Waals surface area contributed by atoms with Gasteiger partial charge < -0.3 is 10.2 Å². The summed E-state index contributed by atoms with van der Waals surface area (Å²) < 4.78 is 0. The summed E-state index contributed by atoms with van der Waals surface area (Å²) in [6.07, 6.45) is 0.480. The normalized spacial score (nSPS) is 12.7. The lowest BCUT2D eigenvalue weighted by Crippen LogP contribution is -2.36. The van der Waals surface area contributed by atoms with E-state index in [-0.39, 0.29) is 43.1 Å². The Balaban J connectivity index is 1.48. The van der Waals surface area contributed by atoms with Gasteiger partial charge in [0.1, 0.15) is 0 Å². The number of aryl methyl sites for hydroxylation is 2. The number of nitrogens with one attached hydrogen (secondary N) is 1. The van der Waals surface area contributed by atoms with Crippen molar-refractivity contribution in [2.45, 2.75) is 26.7 Å². The average Bonchev–Trinajstić information content (AvgIpc) is 2.96. The van der Waals surface area contributed by atoms with Crippen LogP contribution in [-0.2, 0) is 9.59 Å². The predicted octanol–water partition coefficient (Wildman–Crippen LogP) is 2.78. The van der Waals surface area contributed by atoms with Crippen molar-refractivity contribution < 1.29 is 19.2 Å². The number of imide groups is 1. The van der Waals surface area contributed by atoms with Gasteiger partial charge >= 0.3 is 0 Å². The second-order valence-electron chi connectivity index (χ2n) is 7.48. The molecule has 7 heteroatoms. The zero-order chi connectivity index (χ0) is 21.8. The highest BCUT2D eigenvalue weighted by Gasteiger charge is 2.34. The largest absolute Gasteiger partial charge is 0.336 e. The van der Waals surface area contributed by atoms with Gasteiger partial charge in [0.15, 0.2) is 0 Å². The van der Waals surface area contributed by atoms with Crippen molar-refractivity contribution in [3.8, 4) is 0 Å². The number of benzene rings is 2. The Morgan fingerprint density at radius 3 is 2.07 bits per heavy atom. The Bertz CT molecular complexity index is 960. The number of likely N-dealkylation sites (N-methyl/N-ethyl adjacent to an activating group) is 1. The van der Waals surface area contributed by atoms with Crippen LogP contribution < -0.4 is 5.32 Å². The van der Waals surface area contributed by atoms with Crippen LogP contribution >= 0.6 is 0 Å². The molecular weight excluding hydrogens is 382 g/mol. The van der Waals surface area contributed by atoms with E-state index in [4.69, 9.17) is 0 Å². The number of rotatable bonds is 7. The van der Waals surface area contributed by atoms with E-state index in [2.05, 4.69) is 5.32 Å². The molecule has 0 saturated heterocycles. The van der Waals surface area contributed by atoms with Crippen LogP contribution in [0.3, 0.4) is 0 Å². The van der Waals surface area contributed by atoms with Crippen LogP contribution in [0.1, 0.15) is 44.7 Å². The first-order valence-electron chi connectivity index (χ1n) is 9.85. The summed E-state index contributed by atoms with van der Waals surface area (Å²) in [5, 5.41) is 2.86. The van der Waals surface area contributed by atoms with E-state index in [1.807, 2.05) is 32.0 Å². The van der Waals surface area contributed by atoms with Crippen molar-refractivity contribution in [2.75, 3.05) is 25.5 Å².